The lowest BCUT2D eigenvalue weighted by molar-refractivity contribution is -0.270. The van der Waals surface area contributed by atoms with Crippen molar-refractivity contribution in [1.82, 2.24) is 5.32 Å². The van der Waals surface area contributed by atoms with E-state index in [1.54, 1.807) is 0 Å². The number of aliphatic hydroxyl groups is 4. The van der Waals surface area contributed by atoms with Crippen molar-refractivity contribution in [1.29, 1.82) is 0 Å². The Hall–Kier alpha value is -0.770. The summed E-state index contributed by atoms with van der Waals surface area (Å²) in [4.78, 5) is 11.1. The lowest BCUT2D eigenvalue weighted by atomic mass is 9.97. The number of amides is 1. The number of ether oxygens (including phenoxy) is 2. The van der Waals surface area contributed by atoms with E-state index < -0.39 is 43.2 Å². The van der Waals surface area contributed by atoms with Gasteiger partial charge in [0.15, 0.2) is 6.29 Å². The zero-order valence-electron chi connectivity index (χ0n) is 11.4. The fraction of sp³-hybridized carbons (Fsp3) is 0.917. The molecule has 8 heteroatoms. The lowest BCUT2D eigenvalue weighted by Gasteiger charge is -2.42. The van der Waals surface area contributed by atoms with Crippen LogP contribution in [-0.4, -0.2) is 76.8 Å². The van der Waals surface area contributed by atoms with Gasteiger partial charge in [-0.05, 0) is 12.8 Å². The van der Waals surface area contributed by atoms with Crippen LogP contribution in [0.4, 0.5) is 0 Å². The molecule has 1 aliphatic rings. The van der Waals surface area contributed by atoms with Gasteiger partial charge in [0.1, 0.15) is 24.4 Å². The number of hydrogen-bond donors (Lipinski definition) is 5. The first kappa shape index (κ1) is 17.3. The first-order chi connectivity index (χ1) is 9.51. The molecular formula is C12H23NO7. The third kappa shape index (κ3) is 4.65. The molecule has 0 aliphatic carbocycles. The first-order valence-corrected chi connectivity index (χ1v) is 6.63. The molecule has 0 aromatic heterocycles. The monoisotopic (exact) mass is 293 g/mol. The third-order valence-corrected chi connectivity index (χ3v) is 3.09. The van der Waals surface area contributed by atoms with E-state index in [-0.39, 0.29) is 13.2 Å². The number of carbonyl (C=O) groups is 1. The molecule has 118 valence electrons. The Kier molecular flexibility index (Phi) is 7.35. The molecule has 0 spiro atoms. The molecular weight excluding hydrogens is 270 g/mol. The first-order valence-electron chi connectivity index (χ1n) is 6.63. The van der Waals surface area contributed by atoms with E-state index in [0.29, 0.717) is 12.8 Å². The van der Waals surface area contributed by atoms with Crippen LogP contribution < -0.4 is 5.32 Å². The van der Waals surface area contributed by atoms with Crippen LogP contribution in [0.15, 0.2) is 0 Å². The number of aliphatic hydroxyl groups excluding tert-OH is 4. The fourth-order valence-electron chi connectivity index (χ4n) is 2.03. The second-order valence-electron chi connectivity index (χ2n) is 4.73. The van der Waals surface area contributed by atoms with Crippen LogP contribution in [-0.2, 0) is 14.3 Å². The molecule has 0 radical (unpaired) electrons. The van der Waals surface area contributed by atoms with Gasteiger partial charge in [-0.3, -0.25) is 4.79 Å². The lowest BCUT2D eigenvalue weighted by Crippen LogP contribution is -2.64. The molecule has 0 aromatic carbocycles. The van der Waals surface area contributed by atoms with E-state index in [1.165, 1.54) is 6.92 Å². The molecule has 1 aliphatic heterocycles. The van der Waals surface area contributed by atoms with E-state index in [4.69, 9.17) is 19.7 Å². The summed E-state index contributed by atoms with van der Waals surface area (Å²) >= 11 is 0. The van der Waals surface area contributed by atoms with Crippen LogP contribution in [0.25, 0.3) is 0 Å². The van der Waals surface area contributed by atoms with Gasteiger partial charge in [0.05, 0.1) is 6.61 Å². The minimum Gasteiger partial charge on any atom is -0.396 e. The van der Waals surface area contributed by atoms with Gasteiger partial charge in [-0.15, -0.1) is 0 Å². The summed E-state index contributed by atoms with van der Waals surface area (Å²) in [5, 5.41) is 40.0. The van der Waals surface area contributed by atoms with Crippen molar-refractivity contribution in [3.05, 3.63) is 0 Å². The molecule has 0 aromatic rings. The minimum absolute atomic E-state index is 0.0462. The SMILES string of the molecule is CC(=O)NC1[C@H](OCCCCO)OC(CO)[C@H](O)[C@@H]1O. The zero-order chi connectivity index (χ0) is 15.1. The van der Waals surface area contributed by atoms with Gasteiger partial charge >= 0.3 is 0 Å². The van der Waals surface area contributed by atoms with Crippen LogP contribution in [0.1, 0.15) is 19.8 Å². The summed E-state index contributed by atoms with van der Waals surface area (Å²) < 4.78 is 10.8. The van der Waals surface area contributed by atoms with E-state index >= 15 is 0 Å². The van der Waals surface area contributed by atoms with E-state index in [1.807, 2.05) is 0 Å². The molecule has 1 amide bonds. The van der Waals surface area contributed by atoms with E-state index in [0.717, 1.165) is 0 Å². The second-order valence-corrected chi connectivity index (χ2v) is 4.73. The van der Waals surface area contributed by atoms with Gasteiger partial charge in [0, 0.05) is 20.1 Å². The number of rotatable bonds is 7. The smallest absolute Gasteiger partial charge is 0.217 e. The fourth-order valence-corrected chi connectivity index (χ4v) is 2.03. The van der Waals surface area contributed by atoms with Crippen molar-refractivity contribution in [2.24, 2.45) is 0 Å². The summed E-state index contributed by atoms with van der Waals surface area (Å²) in [5.74, 6) is -0.392. The number of nitrogens with one attached hydrogen (secondary N) is 1. The van der Waals surface area contributed by atoms with Gasteiger partial charge in [-0.1, -0.05) is 0 Å². The molecule has 0 saturated carbocycles. The van der Waals surface area contributed by atoms with Crippen LogP contribution in [0.5, 0.6) is 0 Å². The van der Waals surface area contributed by atoms with Crippen molar-refractivity contribution < 1.29 is 34.7 Å². The number of carbonyl (C=O) groups excluding carboxylic acids is 1. The van der Waals surface area contributed by atoms with Crippen molar-refractivity contribution >= 4 is 5.91 Å². The topological polar surface area (TPSA) is 128 Å². The van der Waals surface area contributed by atoms with Gasteiger partial charge in [0.25, 0.3) is 0 Å². The molecule has 20 heavy (non-hydrogen) atoms. The summed E-state index contributed by atoms with van der Waals surface area (Å²) in [6, 6.07) is -0.917. The Balaban J connectivity index is 2.65. The number of hydrogen-bond acceptors (Lipinski definition) is 7. The highest BCUT2D eigenvalue weighted by Gasteiger charge is 2.45. The minimum atomic E-state index is -1.31. The van der Waals surface area contributed by atoms with Gasteiger partial charge in [-0.25, -0.2) is 0 Å². The van der Waals surface area contributed by atoms with Crippen molar-refractivity contribution in [2.45, 2.75) is 50.4 Å². The van der Waals surface area contributed by atoms with Gasteiger partial charge in [0.2, 0.25) is 5.91 Å². The van der Waals surface area contributed by atoms with Crippen LogP contribution >= 0.6 is 0 Å². The quantitative estimate of drug-likeness (QED) is 0.334. The standard InChI is InChI=1S/C12H23NO7/c1-7(16)13-9-11(18)10(17)8(6-15)20-12(9)19-5-3-2-4-14/h8-12,14-15,17-18H,2-6H2,1H3,(H,13,16)/t8?,9?,10-,11+,12+/m0/s1. The maximum Gasteiger partial charge on any atom is 0.217 e. The van der Waals surface area contributed by atoms with Crippen molar-refractivity contribution in [2.75, 3.05) is 19.8 Å². The highest BCUT2D eigenvalue weighted by atomic mass is 16.7. The molecule has 2 unspecified atom stereocenters. The zero-order valence-corrected chi connectivity index (χ0v) is 11.4. The molecule has 1 saturated heterocycles. The van der Waals surface area contributed by atoms with E-state index in [2.05, 4.69) is 5.32 Å². The maximum atomic E-state index is 11.1. The van der Waals surface area contributed by atoms with Gasteiger partial charge < -0.3 is 35.2 Å². The highest BCUT2D eigenvalue weighted by Crippen LogP contribution is 2.22. The van der Waals surface area contributed by atoms with Crippen LogP contribution in [0, 0.1) is 0 Å². The predicted octanol–water partition coefficient (Wildman–Crippen LogP) is -2.28. The molecule has 0 bridgehead atoms. The second kappa shape index (κ2) is 8.50. The summed E-state index contributed by atoms with van der Waals surface area (Å²) in [6.07, 6.45) is -3.40. The molecule has 5 atom stereocenters. The largest absolute Gasteiger partial charge is 0.396 e. The molecule has 1 heterocycles. The predicted molar refractivity (Wildman–Crippen MR) is 67.6 cm³/mol. The molecule has 8 nitrogen and oxygen atoms in total. The third-order valence-electron chi connectivity index (χ3n) is 3.09. The normalized spacial score (nSPS) is 34.0. The maximum absolute atomic E-state index is 11.1. The molecule has 1 rings (SSSR count). The average Bonchev–Trinajstić information content (AvgIpc) is 2.41. The number of unbranched alkanes of at least 4 members (excludes halogenated alkanes) is 1. The van der Waals surface area contributed by atoms with Gasteiger partial charge in [-0.2, -0.15) is 0 Å². The Morgan fingerprint density at radius 1 is 1.25 bits per heavy atom. The van der Waals surface area contributed by atoms with Crippen LogP contribution in [0.3, 0.4) is 0 Å². The summed E-state index contributed by atoms with van der Waals surface area (Å²) in [7, 11) is 0. The average molecular weight is 293 g/mol. The molecule has 1 fully saturated rings. The highest BCUT2D eigenvalue weighted by molar-refractivity contribution is 5.73. The van der Waals surface area contributed by atoms with Crippen molar-refractivity contribution in [3.63, 3.8) is 0 Å². The Morgan fingerprint density at radius 2 is 1.95 bits per heavy atom. The Labute approximate surface area is 117 Å². The van der Waals surface area contributed by atoms with E-state index in [9.17, 15) is 15.0 Å². The molecule has 5 N–H and O–H groups in total. The van der Waals surface area contributed by atoms with Crippen LogP contribution in [0.2, 0.25) is 0 Å². The summed E-state index contributed by atoms with van der Waals surface area (Å²) in [5.41, 5.74) is 0. The Bertz CT molecular complexity index is 302. The summed E-state index contributed by atoms with van der Waals surface area (Å²) in [6.45, 7) is 1.12. The van der Waals surface area contributed by atoms with Crippen molar-refractivity contribution in [3.8, 4) is 0 Å². The Morgan fingerprint density at radius 3 is 2.50 bits per heavy atom.